The van der Waals surface area contributed by atoms with Gasteiger partial charge in [0.2, 0.25) is 0 Å². The van der Waals surface area contributed by atoms with Gasteiger partial charge >= 0.3 is 0 Å². The van der Waals surface area contributed by atoms with E-state index < -0.39 is 5.60 Å². The molecule has 0 radical (unpaired) electrons. The topological polar surface area (TPSA) is 23.5 Å². The quantitative estimate of drug-likeness (QED) is 0.902. The molecule has 0 aromatic carbocycles. The molecule has 1 aromatic rings. The summed E-state index contributed by atoms with van der Waals surface area (Å²) in [5.74, 6) is 0. The monoisotopic (exact) mass is 291 g/mol. The third kappa shape index (κ3) is 5.66. The maximum absolute atomic E-state index is 9.64. The molecule has 0 aliphatic carbocycles. The highest BCUT2D eigenvalue weighted by Gasteiger charge is 2.15. The molecule has 0 spiro atoms. The van der Waals surface area contributed by atoms with E-state index in [4.69, 9.17) is 0 Å². The molecule has 1 aromatic heterocycles. The minimum atomic E-state index is -0.606. The standard InChI is InChI=1S/C11H18BrNOS/c1-11(2,14)8-13(3)5-4-10-6-9(12)7-15-10/h6-7,14H,4-5,8H2,1-3H3. The molecule has 0 amide bonds. The molecule has 86 valence electrons. The first-order valence-corrected chi connectivity index (χ1v) is 6.68. The Hall–Kier alpha value is 0.1000. The molecule has 0 aliphatic rings. The van der Waals surface area contributed by atoms with E-state index in [1.54, 1.807) is 11.3 Å². The first kappa shape index (κ1) is 13.2. The van der Waals surface area contributed by atoms with Gasteiger partial charge in [-0.3, -0.25) is 0 Å². The number of hydrogen-bond acceptors (Lipinski definition) is 3. The van der Waals surface area contributed by atoms with Gasteiger partial charge in [0.05, 0.1) is 5.60 Å². The second-order valence-corrected chi connectivity index (χ2v) is 6.44. The van der Waals surface area contributed by atoms with Crippen molar-refractivity contribution >= 4 is 27.3 Å². The number of likely N-dealkylation sites (N-methyl/N-ethyl adjacent to an activating group) is 1. The van der Waals surface area contributed by atoms with Gasteiger partial charge in [-0.15, -0.1) is 11.3 Å². The predicted octanol–water partition coefficient (Wildman–Crippen LogP) is 2.76. The summed E-state index contributed by atoms with van der Waals surface area (Å²) in [4.78, 5) is 3.54. The van der Waals surface area contributed by atoms with Gasteiger partial charge in [0.25, 0.3) is 0 Å². The van der Waals surface area contributed by atoms with E-state index in [0.29, 0.717) is 6.54 Å². The van der Waals surface area contributed by atoms with E-state index in [0.717, 1.165) is 17.4 Å². The third-order valence-corrected chi connectivity index (χ3v) is 3.78. The molecule has 1 heterocycles. The van der Waals surface area contributed by atoms with E-state index in [-0.39, 0.29) is 0 Å². The lowest BCUT2D eigenvalue weighted by Crippen LogP contribution is -2.37. The Morgan fingerprint density at radius 3 is 2.67 bits per heavy atom. The van der Waals surface area contributed by atoms with Gasteiger partial charge in [0.15, 0.2) is 0 Å². The summed E-state index contributed by atoms with van der Waals surface area (Å²) in [5, 5.41) is 11.7. The molecule has 0 saturated carbocycles. The zero-order valence-corrected chi connectivity index (χ0v) is 11.9. The van der Waals surface area contributed by atoms with Crippen LogP contribution in [0.4, 0.5) is 0 Å². The van der Waals surface area contributed by atoms with Crippen molar-refractivity contribution in [3.05, 3.63) is 20.8 Å². The van der Waals surface area contributed by atoms with Crippen LogP contribution in [0.15, 0.2) is 15.9 Å². The second kappa shape index (κ2) is 5.43. The van der Waals surface area contributed by atoms with Gasteiger partial charge in [-0.05, 0) is 49.3 Å². The van der Waals surface area contributed by atoms with Crippen LogP contribution in [0.25, 0.3) is 0 Å². The fraction of sp³-hybridized carbons (Fsp3) is 0.636. The number of thiophene rings is 1. The van der Waals surface area contributed by atoms with Crippen LogP contribution in [0, 0.1) is 0 Å². The lowest BCUT2D eigenvalue weighted by Gasteiger charge is -2.25. The highest BCUT2D eigenvalue weighted by atomic mass is 79.9. The van der Waals surface area contributed by atoms with E-state index in [1.807, 2.05) is 20.9 Å². The predicted molar refractivity (Wildman–Crippen MR) is 69.5 cm³/mol. The molecule has 15 heavy (non-hydrogen) atoms. The lowest BCUT2D eigenvalue weighted by atomic mass is 10.1. The zero-order chi connectivity index (χ0) is 11.5. The number of halogens is 1. The van der Waals surface area contributed by atoms with Crippen LogP contribution < -0.4 is 0 Å². The van der Waals surface area contributed by atoms with Crippen LogP contribution >= 0.6 is 27.3 Å². The minimum Gasteiger partial charge on any atom is -0.389 e. The summed E-state index contributed by atoms with van der Waals surface area (Å²) in [6.45, 7) is 5.37. The van der Waals surface area contributed by atoms with Gasteiger partial charge in [0.1, 0.15) is 0 Å². The average Bonchev–Trinajstić information content (AvgIpc) is 2.45. The highest BCUT2D eigenvalue weighted by molar-refractivity contribution is 9.10. The highest BCUT2D eigenvalue weighted by Crippen LogP contribution is 2.20. The van der Waals surface area contributed by atoms with E-state index in [1.165, 1.54) is 4.88 Å². The number of nitrogens with zero attached hydrogens (tertiary/aromatic N) is 1. The lowest BCUT2D eigenvalue weighted by molar-refractivity contribution is 0.0450. The Balaban J connectivity index is 2.31. The van der Waals surface area contributed by atoms with E-state index in [2.05, 4.69) is 32.3 Å². The molecule has 0 saturated heterocycles. The molecule has 0 unspecified atom stereocenters. The van der Waals surface area contributed by atoms with Gasteiger partial charge in [-0.2, -0.15) is 0 Å². The fourth-order valence-corrected chi connectivity index (χ4v) is 2.97. The fourth-order valence-electron chi connectivity index (χ4n) is 1.53. The van der Waals surface area contributed by atoms with Crippen molar-refractivity contribution < 1.29 is 5.11 Å². The van der Waals surface area contributed by atoms with Gasteiger partial charge in [0, 0.05) is 27.8 Å². The van der Waals surface area contributed by atoms with Crippen molar-refractivity contribution in [3.63, 3.8) is 0 Å². The SMILES string of the molecule is CN(CCc1cc(Br)cs1)CC(C)(C)O. The van der Waals surface area contributed by atoms with Gasteiger partial charge in [-0.25, -0.2) is 0 Å². The Morgan fingerprint density at radius 2 is 2.20 bits per heavy atom. The van der Waals surface area contributed by atoms with Crippen molar-refractivity contribution in [2.24, 2.45) is 0 Å². The summed E-state index contributed by atoms with van der Waals surface area (Å²) in [5.41, 5.74) is -0.606. The summed E-state index contributed by atoms with van der Waals surface area (Å²) in [7, 11) is 2.04. The third-order valence-electron chi connectivity index (χ3n) is 2.02. The first-order valence-electron chi connectivity index (χ1n) is 5.01. The molecule has 2 nitrogen and oxygen atoms in total. The molecule has 0 aliphatic heterocycles. The van der Waals surface area contributed by atoms with Crippen molar-refractivity contribution in [2.75, 3.05) is 20.1 Å². The summed E-state index contributed by atoms with van der Waals surface area (Å²) in [6.07, 6.45) is 1.04. The van der Waals surface area contributed by atoms with Crippen LogP contribution in [0.2, 0.25) is 0 Å². The maximum Gasteiger partial charge on any atom is 0.0718 e. The van der Waals surface area contributed by atoms with Crippen LogP contribution in [0.5, 0.6) is 0 Å². The number of hydrogen-bond donors (Lipinski definition) is 1. The van der Waals surface area contributed by atoms with Crippen LogP contribution in [0.3, 0.4) is 0 Å². The molecular formula is C11H18BrNOS. The molecule has 4 heteroatoms. The first-order chi connectivity index (χ1) is 6.87. The molecular weight excluding hydrogens is 274 g/mol. The minimum absolute atomic E-state index is 0.606. The Bertz CT molecular complexity index is 306. The van der Waals surface area contributed by atoms with Crippen molar-refractivity contribution in [1.82, 2.24) is 4.90 Å². The molecule has 0 bridgehead atoms. The largest absolute Gasteiger partial charge is 0.389 e. The van der Waals surface area contributed by atoms with Crippen molar-refractivity contribution in [3.8, 4) is 0 Å². The number of rotatable bonds is 5. The van der Waals surface area contributed by atoms with E-state index in [9.17, 15) is 5.11 Å². The van der Waals surface area contributed by atoms with Crippen molar-refractivity contribution in [2.45, 2.75) is 25.9 Å². The second-order valence-electron chi connectivity index (χ2n) is 4.53. The van der Waals surface area contributed by atoms with Crippen LogP contribution in [-0.4, -0.2) is 35.7 Å². The average molecular weight is 292 g/mol. The van der Waals surface area contributed by atoms with E-state index >= 15 is 0 Å². The Morgan fingerprint density at radius 1 is 1.53 bits per heavy atom. The zero-order valence-electron chi connectivity index (χ0n) is 9.46. The summed E-state index contributed by atoms with van der Waals surface area (Å²) >= 11 is 5.22. The normalized spacial score (nSPS) is 12.4. The summed E-state index contributed by atoms with van der Waals surface area (Å²) < 4.78 is 1.16. The van der Waals surface area contributed by atoms with Crippen LogP contribution in [-0.2, 0) is 6.42 Å². The smallest absolute Gasteiger partial charge is 0.0718 e. The molecule has 0 atom stereocenters. The van der Waals surface area contributed by atoms with Crippen molar-refractivity contribution in [1.29, 1.82) is 0 Å². The molecule has 0 fully saturated rings. The Labute approximate surface area is 104 Å². The van der Waals surface area contributed by atoms with Crippen LogP contribution in [0.1, 0.15) is 18.7 Å². The van der Waals surface area contributed by atoms with Gasteiger partial charge < -0.3 is 10.0 Å². The van der Waals surface area contributed by atoms with Gasteiger partial charge in [-0.1, -0.05) is 0 Å². The molecule has 1 rings (SSSR count). The number of aliphatic hydroxyl groups is 1. The Kier molecular flexibility index (Phi) is 4.77. The summed E-state index contributed by atoms with van der Waals surface area (Å²) in [6, 6.07) is 2.16. The maximum atomic E-state index is 9.64. The molecule has 1 N–H and O–H groups in total.